The normalized spacial score (nSPS) is 18.3. The summed E-state index contributed by atoms with van der Waals surface area (Å²) in [6, 6.07) is 3.38. The van der Waals surface area contributed by atoms with Crippen molar-refractivity contribution < 1.29 is 22.7 Å². The van der Waals surface area contributed by atoms with Crippen LogP contribution < -0.4 is 9.80 Å². The highest BCUT2D eigenvalue weighted by Gasteiger charge is 2.33. The molecule has 4 rings (SSSR count). The average molecular weight is 468 g/mol. The lowest BCUT2D eigenvalue weighted by atomic mass is 10.3. The van der Waals surface area contributed by atoms with Gasteiger partial charge in [0.15, 0.2) is 0 Å². The highest BCUT2D eigenvalue weighted by molar-refractivity contribution is 7.89. The number of nitrogens with zero attached hydrogens (tertiary/aromatic N) is 5. The van der Waals surface area contributed by atoms with Crippen molar-refractivity contribution in [3.63, 3.8) is 0 Å². The van der Waals surface area contributed by atoms with E-state index in [0.717, 1.165) is 35.9 Å². The Balaban J connectivity index is 1.48. The Morgan fingerprint density at radius 3 is 2.48 bits per heavy atom. The Morgan fingerprint density at radius 2 is 1.81 bits per heavy atom. The first-order chi connectivity index (χ1) is 14.9. The Hall–Kier alpha value is -2.28. The Kier molecular flexibility index (Phi) is 6.42. The molecule has 0 aromatic carbocycles. The molecule has 0 N–H and O–H groups in total. The summed E-state index contributed by atoms with van der Waals surface area (Å²) >= 11 is 1.07. The quantitative estimate of drug-likeness (QED) is 0.595. The van der Waals surface area contributed by atoms with E-state index in [1.165, 1.54) is 17.5 Å². The van der Waals surface area contributed by atoms with Crippen LogP contribution in [0.2, 0.25) is 0 Å². The molecule has 0 amide bonds. The van der Waals surface area contributed by atoms with E-state index in [0.29, 0.717) is 45.3 Å². The first kappa shape index (κ1) is 21.9. The van der Waals surface area contributed by atoms with Crippen molar-refractivity contribution in [2.45, 2.75) is 11.8 Å². The van der Waals surface area contributed by atoms with Crippen molar-refractivity contribution in [2.75, 3.05) is 69.4 Å². The van der Waals surface area contributed by atoms with Crippen molar-refractivity contribution in [1.82, 2.24) is 14.3 Å². The fourth-order valence-electron chi connectivity index (χ4n) is 3.64. The molecule has 31 heavy (non-hydrogen) atoms. The summed E-state index contributed by atoms with van der Waals surface area (Å²) < 4.78 is 37.8. The molecule has 0 bridgehead atoms. The van der Waals surface area contributed by atoms with E-state index in [-0.39, 0.29) is 9.77 Å². The fraction of sp³-hybridized carbons (Fsp3) is 0.526. The Morgan fingerprint density at radius 1 is 1.10 bits per heavy atom. The summed E-state index contributed by atoms with van der Waals surface area (Å²) in [6.07, 6.45) is 0. The second-order valence-corrected chi connectivity index (χ2v) is 10.1. The molecule has 0 radical (unpaired) electrons. The molecule has 4 heterocycles. The molecule has 2 saturated heterocycles. The highest BCUT2D eigenvalue weighted by atomic mass is 32.2. The third-order valence-corrected chi connectivity index (χ3v) is 8.27. The van der Waals surface area contributed by atoms with Gasteiger partial charge in [0.25, 0.3) is 0 Å². The molecule has 2 fully saturated rings. The van der Waals surface area contributed by atoms with Crippen LogP contribution >= 0.6 is 11.3 Å². The summed E-state index contributed by atoms with van der Waals surface area (Å²) in [5.41, 5.74) is 0.863. The van der Waals surface area contributed by atoms with E-state index in [1.54, 1.807) is 5.38 Å². The number of carbonyl (C=O) groups is 1. The fourth-order valence-corrected chi connectivity index (χ4v) is 6.37. The van der Waals surface area contributed by atoms with Gasteiger partial charge in [0, 0.05) is 51.0 Å². The number of ether oxygens (including phenoxy) is 2. The number of aromatic nitrogens is 2. The standard InChI is InChI=1S/C19H25N5O5S2/c1-14-13-16(21-19(20-14)23-8-10-29-11-9-23)22-4-6-24(7-5-22)31(26,27)15-3-12-30-17(15)18(25)28-2/h3,12-13H,4-11H2,1-2H3. The Labute approximate surface area is 185 Å². The minimum Gasteiger partial charge on any atom is -0.465 e. The molecule has 10 nitrogen and oxygen atoms in total. The molecular formula is C19H25N5O5S2. The van der Waals surface area contributed by atoms with Crippen LogP contribution in [0.4, 0.5) is 11.8 Å². The lowest BCUT2D eigenvalue weighted by Crippen LogP contribution is -2.49. The third-order valence-electron chi connectivity index (χ3n) is 5.30. The lowest BCUT2D eigenvalue weighted by molar-refractivity contribution is 0.0602. The van der Waals surface area contributed by atoms with Crippen LogP contribution in [0.3, 0.4) is 0 Å². The number of hydrogen-bond donors (Lipinski definition) is 0. The number of hydrogen-bond acceptors (Lipinski definition) is 10. The van der Waals surface area contributed by atoms with Gasteiger partial charge in [-0.1, -0.05) is 0 Å². The monoisotopic (exact) mass is 467 g/mol. The van der Waals surface area contributed by atoms with Crippen molar-refractivity contribution in [3.05, 3.63) is 28.1 Å². The van der Waals surface area contributed by atoms with E-state index >= 15 is 0 Å². The minimum absolute atomic E-state index is 0.00489. The Bertz CT molecular complexity index is 1040. The SMILES string of the molecule is COC(=O)c1sccc1S(=O)(=O)N1CCN(c2cc(C)nc(N3CCOCC3)n2)CC1. The molecule has 12 heteroatoms. The average Bonchev–Trinajstić information content (AvgIpc) is 3.30. The summed E-state index contributed by atoms with van der Waals surface area (Å²) in [7, 11) is -2.54. The maximum atomic E-state index is 13.1. The van der Waals surface area contributed by atoms with Crippen molar-refractivity contribution >= 4 is 39.1 Å². The molecule has 0 saturated carbocycles. The second kappa shape index (κ2) is 9.07. The van der Waals surface area contributed by atoms with Gasteiger partial charge >= 0.3 is 5.97 Å². The van der Waals surface area contributed by atoms with E-state index in [1.807, 2.05) is 13.0 Å². The van der Waals surface area contributed by atoms with E-state index in [4.69, 9.17) is 14.5 Å². The molecule has 2 aromatic heterocycles. The molecule has 0 spiro atoms. The van der Waals surface area contributed by atoms with Crippen molar-refractivity contribution in [3.8, 4) is 0 Å². The van der Waals surface area contributed by atoms with Crippen LogP contribution in [0.1, 0.15) is 15.4 Å². The van der Waals surface area contributed by atoms with E-state index < -0.39 is 16.0 Å². The first-order valence-corrected chi connectivity index (χ1v) is 12.3. The minimum atomic E-state index is -3.78. The van der Waals surface area contributed by atoms with Crippen LogP contribution in [0.5, 0.6) is 0 Å². The van der Waals surface area contributed by atoms with Crippen LogP contribution in [0.15, 0.2) is 22.4 Å². The van der Waals surface area contributed by atoms with Crippen LogP contribution in [0, 0.1) is 6.92 Å². The molecule has 0 unspecified atom stereocenters. The molecule has 0 aliphatic carbocycles. The topological polar surface area (TPSA) is 105 Å². The molecule has 2 aromatic rings. The zero-order valence-electron chi connectivity index (χ0n) is 17.5. The number of aryl methyl sites for hydroxylation is 1. The number of morpholine rings is 1. The third kappa shape index (κ3) is 4.52. The summed E-state index contributed by atoms with van der Waals surface area (Å²) in [4.78, 5) is 25.5. The maximum absolute atomic E-state index is 13.1. The number of rotatable bonds is 5. The number of thiophene rings is 1. The van der Waals surface area contributed by atoms with E-state index in [9.17, 15) is 13.2 Å². The van der Waals surface area contributed by atoms with Gasteiger partial charge < -0.3 is 19.3 Å². The highest BCUT2D eigenvalue weighted by Crippen LogP contribution is 2.27. The molecule has 2 aliphatic rings. The number of piperazine rings is 1. The summed E-state index contributed by atoms with van der Waals surface area (Å²) in [6.45, 7) is 6.32. The number of sulfonamides is 1. The second-order valence-electron chi connectivity index (χ2n) is 7.26. The zero-order chi connectivity index (χ0) is 22.0. The predicted octanol–water partition coefficient (Wildman–Crippen LogP) is 0.981. The number of methoxy groups -OCH3 is 1. The van der Waals surface area contributed by atoms with Crippen molar-refractivity contribution in [2.24, 2.45) is 0 Å². The van der Waals surface area contributed by atoms with Crippen LogP contribution in [-0.4, -0.2) is 88.3 Å². The van der Waals surface area contributed by atoms with Gasteiger partial charge in [-0.25, -0.2) is 18.2 Å². The van der Waals surface area contributed by atoms with Crippen molar-refractivity contribution in [1.29, 1.82) is 0 Å². The van der Waals surface area contributed by atoms with Crippen LogP contribution in [0.25, 0.3) is 0 Å². The molecule has 2 aliphatic heterocycles. The van der Waals surface area contributed by atoms with Gasteiger partial charge in [0.05, 0.1) is 20.3 Å². The zero-order valence-corrected chi connectivity index (χ0v) is 19.1. The van der Waals surface area contributed by atoms with Gasteiger partial charge in [0.2, 0.25) is 16.0 Å². The van der Waals surface area contributed by atoms with Gasteiger partial charge in [-0.05, 0) is 18.4 Å². The van der Waals surface area contributed by atoms with Gasteiger partial charge in [0.1, 0.15) is 15.6 Å². The number of esters is 1. The summed E-state index contributed by atoms with van der Waals surface area (Å²) in [5.74, 6) is 0.825. The number of carbonyl (C=O) groups excluding carboxylic acids is 1. The largest absolute Gasteiger partial charge is 0.465 e. The first-order valence-electron chi connectivity index (χ1n) is 9.99. The smallest absolute Gasteiger partial charge is 0.349 e. The predicted molar refractivity (Wildman–Crippen MR) is 116 cm³/mol. The summed E-state index contributed by atoms with van der Waals surface area (Å²) in [5, 5.41) is 1.59. The molecular weight excluding hydrogens is 442 g/mol. The number of anilines is 2. The maximum Gasteiger partial charge on any atom is 0.349 e. The van der Waals surface area contributed by atoms with Gasteiger partial charge in [-0.15, -0.1) is 11.3 Å². The molecule has 168 valence electrons. The van der Waals surface area contributed by atoms with Gasteiger partial charge in [-0.3, -0.25) is 0 Å². The lowest BCUT2D eigenvalue weighted by Gasteiger charge is -2.35. The van der Waals surface area contributed by atoms with E-state index in [2.05, 4.69) is 14.8 Å². The van der Waals surface area contributed by atoms with Gasteiger partial charge in [-0.2, -0.15) is 9.29 Å². The molecule has 0 atom stereocenters. The van der Waals surface area contributed by atoms with Crippen LogP contribution in [-0.2, 0) is 19.5 Å².